The number of carbonyl (C=O) groups is 1. The van der Waals surface area contributed by atoms with Crippen molar-refractivity contribution < 1.29 is 9.53 Å². The highest BCUT2D eigenvalue weighted by molar-refractivity contribution is 5.80. The standard InChI is InChI=1S/C11H18N4O2/c1-7-14-8(5-9(15-7)17-4)13-6-11(2,3)10(12)16/h5H,6H2,1-4H3,(H2,12,16)(H,13,14,15). The number of hydrogen-bond donors (Lipinski definition) is 2. The molecule has 6 heteroatoms. The molecule has 1 aromatic heterocycles. The predicted octanol–water partition coefficient (Wildman–Crippen LogP) is 0.717. The lowest BCUT2D eigenvalue weighted by atomic mass is 9.93. The minimum atomic E-state index is -0.633. The van der Waals surface area contributed by atoms with Gasteiger partial charge in [0.25, 0.3) is 0 Å². The zero-order chi connectivity index (χ0) is 13.1. The van der Waals surface area contributed by atoms with Crippen molar-refractivity contribution >= 4 is 11.7 Å². The summed E-state index contributed by atoms with van der Waals surface area (Å²) in [4.78, 5) is 19.4. The molecule has 6 nitrogen and oxygen atoms in total. The fourth-order valence-corrected chi connectivity index (χ4v) is 1.13. The van der Waals surface area contributed by atoms with Crippen molar-refractivity contribution in [2.24, 2.45) is 11.1 Å². The van der Waals surface area contributed by atoms with E-state index >= 15 is 0 Å². The Bertz CT molecular complexity index is 418. The molecule has 1 amide bonds. The maximum Gasteiger partial charge on any atom is 0.224 e. The van der Waals surface area contributed by atoms with Crippen molar-refractivity contribution in [1.29, 1.82) is 0 Å². The van der Waals surface area contributed by atoms with E-state index in [9.17, 15) is 4.79 Å². The van der Waals surface area contributed by atoms with Crippen LogP contribution in [0, 0.1) is 12.3 Å². The van der Waals surface area contributed by atoms with E-state index < -0.39 is 5.41 Å². The summed E-state index contributed by atoms with van der Waals surface area (Å²) >= 11 is 0. The lowest BCUT2D eigenvalue weighted by Gasteiger charge is -2.21. The topological polar surface area (TPSA) is 90.1 Å². The second-order valence-corrected chi connectivity index (χ2v) is 4.44. The summed E-state index contributed by atoms with van der Waals surface area (Å²) in [5, 5.41) is 3.05. The molecule has 0 spiro atoms. The molecule has 0 fully saturated rings. The van der Waals surface area contributed by atoms with Gasteiger partial charge in [0.2, 0.25) is 11.8 Å². The molecule has 1 aromatic rings. The SMILES string of the molecule is COc1cc(NCC(C)(C)C(N)=O)nc(C)n1. The average molecular weight is 238 g/mol. The fourth-order valence-electron chi connectivity index (χ4n) is 1.13. The van der Waals surface area contributed by atoms with E-state index in [0.29, 0.717) is 24.1 Å². The van der Waals surface area contributed by atoms with Gasteiger partial charge in [-0.2, -0.15) is 4.98 Å². The van der Waals surface area contributed by atoms with Gasteiger partial charge in [0.1, 0.15) is 11.6 Å². The molecule has 0 unspecified atom stereocenters. The number of aryl methyl sites for hydroxylation is 1. The van der Waals surface area contributed by atoms with Gasteiger partial charge in [0.05, 0.1) is 12.5 Å². The second-order valence-electron chi connectivity index (χ2n) is 4.44. The first kappa shape index (κ1) is 13.2. The van der Waals surface area contributed by atoms with Crippen molar-refractivity contribution in [2.45, 2.75) is 20.8 Å². The number of amides is 1. The van der Waals surface area contributed by atoms with Gasteiger partial charge in [-0.05, 0) is 20.8 Å². The van der Waals surface area contributed by atoms with Crippen LogP contribution >= 0.6 is 0 Å². The Morgan fingerprint density at radius 3 is 2.71 bits per heavy atom. The molecule has 0 aliphatic rings. The third-order valence-corrected chi connectivity index (χ3v) is 2.40. The van der Waals surface area contributed by atoms with Crippen LogP contribution in [0.4, 0.5) is 5.82 Å². The van der Waals surface area contributed by atoms with Crippen LogP contribution in [0.2, 0.25) is 0 Å². The number of anilines is 1. The maximum atomic E-state index is 11.2. The van der Waals surface area contributed by atoms with Gasteiger partial charge < -0.3 is 15.8 Å². The zero-order valence-electron chi connectivity index (χ0n) is 10.6. The van der Waals surface area contributed by atoms with Gasteiger partial charge in [-0.3, -0.25) is 4.79 Å². The van der Waals surface area contributed by atoms with Crippen LogP contribution < -0.4 is 15.8 Å². The van der Waals surface area contributed by atoms with Crippen molar-refractivity contribution in [1.82, 2.24) is 9.97 Å². The largest absolute Gasteiger partial charge is 0.481 e. The molecular formula is C11H18N4O2. The highest BCUT2D eigenvalue weighted by Gasteiger charge is 2.24. The quantitative estimate of drug-likeness (QED) is 0.788. The number of methoxy groups -OCH3 is 1. The minimum Gasteiger partial charge on any atom is -0.481 e. The first-order valence-corrected chi connectivity index (χ1v) is 5.28. The number of rotatable bonds is 5. The van der Waals surface area contributed by atoms with E-state index in [4.69, 9.17) is 10.5 Å². The van der Waals surface area contributed by atoms with Crippen LogP contribution in [0.15, 0.2) is 6.07 Å². The molecule has 0 saturated heterocycles. The normalized spacial score (nSPS) is 11.1. The Labute approximate surface area is 101 Å². The monoisotopic (exact) mass is 238 g/mol. The van der Waals surface area contributed by atoms with Gasteiger partial charge >= 0.3 is 0 Å². The third-order valence-electron chi connectivity index (χ3n) is 2.40. The molecule has 1 heterocycles. The molecule has 94 valence electrons. The number of primary amides is 1. The number of hydrogen-bond acceptors (Lipinski definition) is 5. The summed E-state index contributed by atoms with van der Waals surface area (Å²) in [5.41, 5.74) is 4.65. The first-order chi connectivity index (χ1) is 7.85. The van der Waals surface area contributed by atoms with Crippen LogP contribution in [0.3, 0.4) is 0 Å². The molecule has 0 aromatic carbocycles. The zero-order valence-corrected chi connectivity index (χ0v) is 10.6. The van der Waals surface area contributed by atoms with Crippen LogP contribution in [0.25, 0.3) is 0 Å². The number of carbonyl (C=O) groups excluding carboxylic acids is 1. The number of aromatic nitrogens is 2. The van der Waals surface area contributed by atoms with E-state index in [1.165, 1.54) is 0 Å². The molecule has 17 heavy (non-hydrogen) atoms. The van der Waals surface area contributed by atoms with Gasteiger partial charge in [0, 0.05) is 12.6 Å². The van der Waals surface area contributed by atoms with Gasteiger partial charge in [-0.1, -0.05) is 0 Å². The Kier molecular flexibility index (Phi) is 3.88. The molecule has 0 radical (unpaired) electrons. The lowest BCUT2D eigenvalue weighted by Crippen LogP contribution is -2.37. The highest BCUT2D eigenvalue weighted by atomic mass is 16.5. The van der Waals surface area contributed by atoms with Crippen LogP contribution in [-0.2, 0) is 4.79 Å². The summed E-state index contributed by atoms with van der Waals surface area (Å²) in [5.74, 6) is 1.34. The van der Waals surface area contributed by atoms with Crippen molar-refractivity contribution in [3.8, 4) is 5.88 Å². The van der Waals surface area contributed by atoms with E-state index in [2.05, 4.69) is 15.3 Å². The molecule has 0 bridgehead atoms. The van der Waals surface area contributed by atoms with Crippen LogP contribution in [0.5, 0.6) is 5.88 Å². The summed E-state index contributed by atoms with van der Waals surface area (Å²) in [6.45, 7) is 5.72. The van der Waals surface area contributed by atoms with Crippen LogP contribution in [-0.4, -0.2) is 29.5 Å². The molecule has 1 rings (SSSR count). The molecule has 3 N–H and O–H groups in total. The smallest absolute Gasteiger partial charge is 0.224 e. The maximum absolute atomic E-state index is 11.2. The Balaban J connectivity index is 2.76. The van der Waals surface area contributed by atoms with Gasteiger partial charge in [-0.15, -0.1) is 0 Å². The van der Waals surface area contributed by atoms with Gasteiger partial charge in [-0.25, -0.2) is 4.98 Å². The summed E-state index contributed by atoms with van der Waals surface area (Å²) in [6, 6.07) is 1.67. The number of nitrogens with zero attached hydrogens (tertiary/aromatic N) is 2. The van der Waals surface area contributed by atoms with Gasteiger partial charge in [0.15, 0.2) is 0 Å². The number of ether oxygens (including phenoxy) is 1. The molecule has 0 aliphatic heterocycles. The Hall–Kier alpha value is -1.85. The van der Waals surface area contributed by atoms with E-state index in [-0.39, 0.29) is 5.91 Å². The summed E-state index contributed by atoms with van der Waals surface area (Å²) < 4.78 is 5.03. The summed E-state index contributed by atoms with van der Waals surface area (Å²) in [6.07, 6.45) is 0. The third kappa shape index (κ3) is 3.58. The van der Waals surface area contributed by atoms with Crippen molar-refractivity contribution in [3.05, 3.63) is 11.9 Å². The van der Waals surface area contributed by atoms with E-state index in [1.807, 2.05) is 0 Å². The Morgan fingerprint density at radius 2 is 2.18 bits per heavy atom. The summed E-state index contributed by atoms with van der Waals surface area (Å²) in [7, 11) is 1.54. The predicted molar refractivity (Wildman–Crippen MR) is 64.8 cm³/mol. The molecule has 0 atom stereocenters. The number of nitrogens with two attached hydrogens (primary N) is 1. The molecule has 0 aliphatic carbocycles. The van der Waals surface area contributed by atoms with Crippen molar-refractivity contribution in [3.63, 3.8) is 0 Å². The minimum absolute atomic E-state index is 0.359. The lowest BCUT2D eigenvalue weighted by molar-refractivity contribution is -0.125. The number of nitrogens with one attached hydrogen (secondary N) is 1. The first-order valence-electron chi connectivity index (χ1n) is 5.28. The van der Waals surface area contributed by atoms with E-state index in [1.54, 1.807) is 33.9 Å². The average Bonchev–Trinajstić information content (AvgIpc) is 2.25. The van der Waals surface area contributed by atoms with E-state index in [0.717, 1.165) is 0 Å². The molecular weight excluding hydrogens is 220 g/mol. The molecule has 0 saturated carbocycles. The Morgan fingerprint density at radius 1 is 1.53 bits per heavy atom. The second kappa shape index (κ2) is 4.99. The van der Waals surface area contributed by atoms with Crippen LogP contribution in [0.1, 0.15) is 19.7 Å². The fraction of sp³-hybridized carbons (Fsp3) is 0.545. The van der Waals surface area contributed by atoms with Crippen molar-refractivity contribution in [2.75, 3.05) is 19.0 Å². The highest BCUT2D eigenvalue weighted by Crippen LogP contribution is 2.17.